The Kier molecular flexibility index (Phi) is 4.83. The van der Waals surface area contributed by atoms with Crippen molar-refractivity contribution in [1.29, 1.82) is 0 Å². The van der Waals surface area contributed by atoms with Crippen LogP contribution in [0.25, 0.3) is 0 Å². The van der Waals surface area contributed by atoms with Crippen LogP contribution in [0, 0.1) is 11.7 Å². The molecule has 1 aliphatic carbocycles. The van der Waals surface area contributed by atoms with E-state index in [4.69, 9.17) is 0 Å². The van der Waals surface area contributed by atoms with E-state index < -0.39 is 0 Å². The Balaban J connectivity index is 1.57. The molecule has 1 aliphatic rings. The number of aromatic nitrogens is 2. The molecule has 3 rings (SSSR count). The lowest BCUT2D eigenvalue weighted by atomic mass is 10.0. The number of carbonyl (C=O) groups excluding carboxylic acids is 2. The fourth-order valence-corrected chi connectivity index (χ4v) is 2.51. The van der Waals surface area contributed by atoms with E-state index >= 15 is 0 Å². The Hall–Kier alpha value is -2.70. The highest BCUT2D eigenvalue weighted by molar-refractivity contribution is 5.96. The van der Waals surface area contributed by atoms with E-state index in [0.717, 1.165) is 18.4 Å². The van der Waals surface area contributed by atoms with Crippen LogP contribution in [0.2, 0.25) is 0 Å². The van der Waals surface area contributed by atoms with Gasteiger partial charge in [0.2, 0.25) is 5.91 Å². The molecule has 2 aromatic rings. The summed E-state index contributed by atoms with van der Waals surface area (Å²) in [6.45, 7) is 2.36. The van der Waals surface area contributed by atoms with Crippen LogP contribution in [0.3, 0.4) is 0 Å². The minimum atomic E-state index is -0.309. The Labute approximate surface area is 145 Å². The molecule has 0 bridgehead atoms. The van der Waals surface area contributed by atoms with E-state index in [0.29, 0.717) is 12.4 Å². The molecule has 1 heterocycles. The van der Waals surface area contributed by atoms with Crippen LogP contribution in [0.1, 0.15) is 41.7 Å². The van der Waals surface area contributed by atoms with Gasteiger partial charge in [0.25, 0.3) is 5.91 Å². The van der Waals surface area contributed by atoms with Crippen LogP contribution >= 0.6 is 0 Å². The maximum atomic E-state index is 13.0. The number of amides is 2. The number of hydrogen-bond acceptors (Lipinski definition) is 3. The highest BCUT2D eigenvalue weighted by Crippen LogP contribution is 2.30. The monoisotopic (exact) mass is 344 g/mol. The summed E-state index contributed by atoms with van der Waals surface area (Å²) in [4.78, 5) is 24.1. The average molecular weight is 344 g/mol. The molecule has 1 unspecified atom stereocenters. The molecule has 132 valence electrons. The van der Waals surface area contributed by atoms with Crippen LogP contribution in [-0.4, -0.2) is 28.1 Å². The second-order valence-electron chi connectivity index (χ2n) is 6.46. The first-order chi connectivity index (χ1) is 11.9. The molecule has 2 amide bonds. The second-order valence-corrected chi connectivity index (χ2v) is 6.46. The number of halogens is 1. The minimum Gasteiger partial charge on any atom is -0.350 e. The van der Waals surface area contributed by atoms with Gasteiger partial charge in [0.15, 0.2) is 5.69 Å². The molecule has 7 heteroatoms. The Morgan fingerprint density at radius 2 is 2.00 bits per heavy atom. The number of hydrogen-bond donors (Lipinski definition) is 2. The van der Waals surface area contributed by atoms with E-state index in [1.807, 2.05) is 6.92 Å². The van der Waals surface area contributed by atoms with Crippen LogP contribution in [0.15, 0.2) is 30.3 Å². The maximum Gasteiger partial charge on any atom is 0.271 e. The highest BCUT2D eigenvalue weighted by Gasteiger charge is 2.30. The zero-order valence-electron chi connectivity index (χ0n) is 14.3. The molecule has 0 saturated heterocycles. The molecule has 0 aliphatic heterocycles. The van der Waals surface area contributed by atoms with Gasteiger partial charge in [0.1, 0.15) is 11.6 Å². The molecule has 2 N–H and O–H groups in total. The Morgan fingerprint density at radius 1 is 1.32 bits per heavy atom. The van der Waals surface area contributed by atoms with Crippen molar-refractivity contribution >= 4 is 17.6 Å². The zero-order chi connectivity index (χ0) is 18.0. The second kappa shape index (κ2) is 7.04. The third-order valence-corrected chi connectivity index (χ3v) is 4.32. The first kappa shape index (κ1) is 17.1. The molecule has 0 spiro atoms. The molecule has 1 atom stereocenters. The molecule has 0 radical (unpaired) electrons. The predicted molar refractivity (Wildman–Crippen MR) is 91.7 cm³/mol. The minimum absolute atomic E-state index is 0.0279. The summed E-state index contributed by atoms with van der Waals surface area (Å²) in [6.07, 6.45) is 1.83. The predicted octanol–water partition coefficient (Wildman–Crippen LogP) is 2.44. The van der Waals surface area contributed by atoms with Crippen LogP contribution in [0.4, 0.5) is 10.2 Å². The summed E-state index contributed by atoms with van der Waals surface area (Å²) in [7, 11) is 1.68. The van der Waals surface area contributed by atoms with Gasteiger partial charge < -0.3 is 10.6 Å². The number of rotatable bonds is 6. The summed E-state index contributed by atoms with van der Waals surface area (Å²) in [5.74, 6) is 0.0188. The summed E-state index contributed by atoms with van der Waals surface area (Å²) < 4.78 is 14.4. The molecule has 1 saturated carbocycles. The summed E-state index contributed by atoms with van der Waals surface area (Å²) in [5.41, 5.74) is 1.19. The van der Waals surface area contributed by atoms with Crippen molar-refractivity contribution in [2.45, 2.75) is 25.7 Å². The van der Waals surface area contributed by atoms with Gasteiger partial charge in [0, 0.05) is 25.6 Å². The van der Waals surface area contributed by atoms with E-state index in [1.54, 1.807) is 25.2 Å². The molecule has 1 aromatic heterocycles. The summed E-state index contributed by atoms with van der Waals surface area (Å²) >= 11 is 0. The lowest BCUT2D eigenvalue weighted by Gasteiger charge is -2.12. The van der Waals surface area contributed by atoms with Crippen molar-refractivity contribution in [1.82, 2.24) is 15.1 Å². The van der Waals surface area contributed by atoms with Gasteiger partial charge >= 0.3 is 0 Å². The lowest BCUT2D eigenvalue weighted by molar-refractivity contribution is -0.117. The van der Waals surface area contributed by atoms with Crippen molar-refractivity contribution < 1.29 is 14.0 Å². The van der Waals surface area contributed by atoms with Gasteiger partial charge in [-0.15, -0.1) is 0 Å². The van der Waals surface area contributed by atoms with Crippen LogP contribution in [0.5, 0.6) is 0 Å². The van der Waals surface area contributed by atoms with E-state index in [9.17, 15) is 14.0 Å². The van der Waals surface area contributed by atoms with E-state index in [-0.39, 0.29) is 35.2 Å². The third-order valence-electron chi connectivity index (χ3n) is 4.32. The quantitative estimate of drug-likeness (QED) is 0.845. The van der Waals surface area contributed by atoms with Gasteiger partial charge in [-0.1, -0.05) is 19.1 Å². The third kappa shape index (κ3) is 4.23. The number of benzene rings is 1. The van der Waals surface area contributed by atoms with Crippen LogP contribution in [-0.2, 0) is 11.8 Å². The number of aryl methyl sites for hydroxylation is 1. The van der Waals surface area contributed by atoms with Gasteiger partial charge in [-0.2, -0.15) is 5.10 Å². The van der Waals surface area contributed by atoms with E-state index in [2.05, 4.69) is 15.7 Å². The first-order valence-electron chi connectivity index (χ1n) is 8.32. The molecule has 25 heavy (non-hydrogen) atoms. The van der Waals surface area contributed by atoms with Crippen molar-refractivity contribution in [2.24, 2.45) is 13.0 Å². The van der Waals surface area contributed by atoms with Crippen molar-refractivity contribution in [3.63, 3.8) is 0 Å². The standard InChI is InChI=1S/C18H21FN4O2/c1-11(12-5-7-14(19)8-6-12)10-20-18(25)15-9-16(23(2)22-15)21-17(24)13-3-4-13/h5-9,11,13H,3-4,10H2,1-2H3,(H,20,25)(H,21,24). The largest absolute Gasteiger partial charge is 0.350 e. The van der Waals surface area contributed by atoms with Gasteiger partial charge in [-0.3, -0.25) is 14.3 Å². The molecular formula is C18H21FN4O2. The van der Waals surface area contributed by atoms with Gasteiger partial charge in [-0.25, -0.2) is 4.39 Å². The van der Waals surface area contributed by atoms with E-state index in [1.165, 1.54) is 16.8 Å². The maximum absolute atomic E-state index is 13.0. The summed E-state index contributed by atoms with van der Waals surface area (Å²) in [5, 5.41) is 9.75. The van der Waals surface area contributed by atoms with Crippen LogP contribution < -0.4 is 10.6 Å². The van der Waals surface area contributed by atoms with Gasteiger partial charge in [-0.05, 0) is 36.5 Å². The molecule has 1 fully saturated rings. The van der Waals surface area contributed by atoms with Crippen molar-refractivity contribution in [3.8, 4) is 0 Å². The first-order valence-corrected chi connectivity index (χ1v) is 8.32. The number of carbonyl (C=O) groups is 2. The Bertz CT molecular complexity index is 781. The van der Waals surface area contributed by atoms with Crippen molar-refractivity contribution in [2.75, 3.05) is 11.9 Å². The SMILES string of the molecule is CC(CNC(=O)c1cc(NC(=O)C2CC2)n(C)n1)c1ccc(F)cc1. The average Bonchev–Trinajstić information content (AvgIpc) is 3.38. The molecular weight excluding hydrogens is 323 g/mol. The number of nitrogens with one attached hydrogen (secondary N) is 2. The zero-order valence-corrected chi connectivity index (χ0v) is 14.3. The van der Waals surface area contributed by atoms with Gasteiger partial charge in [0.05, 0.1) is 0 Å². The van der Waals surface area contributed by atoms with Crippen molar-refractivity contribution in [3.05, 3.63) is 47.4 Å². The Morgan fingerprint density at radius 3 is 2.64 bits per heavy atom. The smallest absolute Gasteiger partial charge is 0.271 e. The fraction of sp³-hybridized carbons (Fsp3) is 0.389. The number of nitrogens with zero attached hydrogens (tertiary/aromatic N) is 2. The fourth-order valence-electron chi connectivity index (χ4n) is 2.51. The highest BCUT2D eigenvalue weighted by atomic mass is 19.1. The normalized spacial score (nSPS) is 14.8. The summed E-state index contributed by atoms with van der Waals surface area (Å²) in [6, 6.07) is 7.79. The molecule has 1 aromatic carbocycles. The molecule has 6 nitrogen and oxygen atoms in total. The topological polar surface area (TPSA) is 76.0 Å². The lowest BCUT2D eigenvalue weighted by Crippen LogP contribution is -2.28. The number of anilines is 1.